The summed E-state index contributed by atoms with van der Waals surface area (Å²) in [6, 6.07) is 6.11. The molecule has 2 aliphatic heterocycles. The van der Waals surface area contributed by atoms with E-state index in [0.29, 0.717) is 41.9 Å². The third-order valence-electron chi connectivity index (χ3n) is 6.59. The van der Waals surface area contributed by atoms with Crippen molar-refractivity contribution in [2.75, 3.05) is 22.6 Å². The van der Waals surface area contributed by atoms with Crippen molar-refractivity contribution in [3.8, 4) is 0 Å². The molecule has 7 nitrogen and oxygen atoms in total. The van der Waals surface area contributed by atoms with E-state index in [1.807, 2.05) is 6.07 Å². The van der Waals surface area contributed by atoms with Crippen LogP contribution >= 0.6 is 0 Å². The van der Waals surface area contributed by atoms with Gasteiger partial charge in [0.1, 0.15) is 10.7 Å². The van der Waals surface area contributed by atoms with Crippen LogP contribution in [0.1, 0.15) is 55.5 Å². The zero-order chi connectivity index (χ0) is 21.1. The van der Waals surface area contributed by atoms with Gasteiger partial charge in [-0.2, -0.15) is 4.98 Å². The van der Waals surface area contributed by atoms with E-state index in [9.17, 15) is 14.4 Å². The van der Waals surface area contributed by atoms with Crippen molar-refractivity contribution < 1.29 is 14.4 Å². The second-order valence-corrected chi connectivity index (χ2v) is 10.8. The van der Waals surface area contributed by atoms with Crippen LogP contribution in [0.25, 0.3) is 0 Å². The topological polar surface area (TPSA) is 98.6 Å². The number of benzene rings is 1. The van der Waals surface area contributed by atoms with Crippen molar-refractivity contribution in [2.45, 2.75) is 68.7 Å². The minimum Gasteiger partial charge on any atom is -0.394 e. The number of fused-ring (bicyclic) bond motifs is 2. The van der Waals surface area contributed by atoms with Gasteiger partial charge in [-0.25, -0.2) is 4.98 Å². The Balaban J connectivity index is 1.48. The van der Waals surface area contributed by atoms with Crippen LogP contribution in [0, 0.1) is 0 Å². The van der Waals surface area contributed by atoms with Gasteiger partial charge in [-0.05, 0) is 49.8 Å². The summed E-state index contributed by atoms with van der Waals surface area (Å²) in [5, 5.41) is 23.7. The molecule has 0 radical (unpaired) electrons. The molecule has 0 spiro atoms. The van der Waals surface area contributed by atoms with Crippen LogP contribution in [0.15, 0.2) is 23.1 Å². The quantitative estimate of drug-likeness (QED) is 0.672. The van der Waals surface area contributed by atoms with Gasteiger partial charge in [0.05, 0.1) is 34.2 Å². The highest BCUT2D eigenvalue weighted by atomic mass is 32.2. The minimum atomic E-state index is -1.10. The van der Waals surface area contributed by atoms with E-state index in [4.69, 9.17) is 9.97 Å². The molecule has 1 fully saturated rings. The van der Waals surface area contributed by atoms with Crippen molar-refractivity contribution in [1.29, 1.82) is 0 Å². The van der Waals surface area contributed by atoms with E-state index >= 15 is 0 Å². The number of rotatable bonds is 5. The molecule has 30 heavy (non-hydrogen) atoms. The van der Waals surface area contributed by atoms with Gasteiger partial charge < -0.3 is 20.4 Å². The van der Waals surface area contributed by atoms with Crippen LogP contribution in [-0.2, 0) is 35.9 Å². The third kappa shape index (κ3) is 3.31. The SMILES string of the molecule is CC(C)(O)c1ccc2c(c1)CN(c1nc3c(c(NC4(CO)CCC4)n1)[S@](=O)CC3)C2. The molecule has 2 aromatic rings. The zero-order valence-corrected chi connectivity index (χ0v) is 18.3. The molecule has 1 atom stereocenters. The van der Waals surface area contributed by atoms with Gasteiger partial charge in [-0.1, -0.05) is 18.2 Å². The molecule has 0 amide bonds. The normalized spacial score (nSPS) is 21.9. The van der Waals surface area contributed by atoms with Gasteiger partial charge in [-0.15, -0.1) is 0 Å². The monoisotopic (exact) mass is 428 g/mol. The highest BCUT2D eigenvalue weighted by Crippen LogP contribution is 2.39. The minimum absolute atomic E-state index is 0.0443. The molecule has 0 unspecified atom stereocenters. The Morgan fingerprint density at radius 2 is 2.00 bits per heavy atom. The largest absolute Gasteiger partial charge is 0.394 e. The first-order valence-corrected chi connectivity index (χ1v) is 11.9. The summed E-state index contributed by atoms with van der Waals surface area (Å²) in [5.41, 5.74) is 2.88. The lowest BCUT2D eigenvalue weighted by Gasteiger charge is -2.41. The fourth-order valence-corrected chi connectivity index (χ4v) is 5.81. The van der Waals surface area contributed by atoms with Gasteiger partial charge in [-0.3, -0.25) is 4.21 Å². The van der Waals surface area contributed by atoms with E-state index in [-0.39, 0.29) is 12.1 Å². The maximum atomic E-state index is 12.6. The van der Waals surface area contributed by atoms with E-state index < -0.39 is 16.4 Å². The van der Waals surface area contributed by atoms with Crippen LogP contribution in [0.5, 0.6) is 0 Å². The molecule has 5 rings (SSSR count). The maximum absolute atomic E-state index is 12.6. The number of aromatic nitrogens is 2. The highest BCUT2D eigenvalue weighted by Gasteiger charge is 2.39. The summed E-state index contributed by atoms with van der Waals surface area (Å²) in [6.45, 7) is 5.00. The standard InChI is InChI=1S/C22H28N4O3S/c1-21(2,28)16-5-4-14-11-26(12-15(14)10-16)20-23-17-6-9-30(29)18(17)19(24-20)25-22(13-27)7-3-8-22/h4-5,10,27-28H,3,6-9,11-13H2,1-2H3,(H,23,24,25)/t30-/m1/s1. The smallest absolute Gasteiger partial charge is 0.228 e. The number of hydrogen-bond donors (Lipinski definition) is 3. The molecule has 8 heteroatoms. The van der Waals surface area contributed by atoms with Crippen molar-refractivity contribution in [3.05, 3.63) is 40.6 Å². The number of nitrogens with one attached hydrogen (secondary N) is 1. The zero-order valence-electron chi connectivity index (χ0n) is 17.4. The lowest BCUT2D eigenvalue weighted by Crippen LogP contribution is -2.48. The fraction of sp³-hybridized carbons (Fsp3) is 0.545. The molecule has 3 aliphatic rings. The van der Waals surface area contributed by atoms with Gasteiger partial charge in [0, 0.05) is 25.3 Å². The number of nitrogens with zero attached hydrogens (tertiary/aromatic N) is 3. The van der Waals surface area contributed by atoms with Crippen molar-refractivity contribution in [3.63, 3.8) is 0 Å². The predicted octanol–water partition coefficient (Wildman–Crippen LogP) is 2.21. The van der Waals surface area contributed by atoms with Gasteiger partial charge >= 0.3 is 0 Å². The summed E-state index contributed by atoms with van der Waals surface area (Å²) in [6.07, 6.45) is 3.53. The second-order valence-electron chi connectivity index (χ2n) is 9.26. The maximum Gasteiger partial charge on any atom is 0.228 e. The van der Waals surface area contributed by atoms with Gasteiger partial charge in [0.2, 0.25) is 5.95 Å². The second kappa shape index (κ2) is 7.00. The lowest BCUT2D eigenvalue weighted by atomic mass is 9.77. The summed E-state index contributed by atoms with van der Waals surface area (Å²) in [7, 11) is -1.10. The van der Waals surface area contributed by atoms with E-state index in [1.54, 1.807) is 13.8 Å². The molecule has 1 aliphatic carbocycles. The molecule has 1 aromatic heterocycles. The summed E-state index contributed by atoms with van der Waals surface area (Å²) in [4.78, 5) is 12.4. The predicted molar refractivity (Wildman–Crippen MR) is 116 cm³/mol. The Hall–Kier alpha value is -2.03. The van der Waals surface area contributed by atoms with Crippen molar-refractivity contribution >= 4 is 22.6 Å². The number of aliphatic hydroxyl groups excluding tert-OH is 1. The van der Waals surface area contributed by atoms with E-state index in [1.165, 1.54) is 11.1 Å². The van der Waals surface area contributed by atoms with Crippen LogP contribution < -0.4 is 10.2 Å². The van der Waals surface area contributed by atoms with E-state index in [0.717, 1.165) is 30.5 Å². The van der Waals surface area contributed by atoms with Crippen molar-refractivity contribution in [1.82, 2.24) is 9.97 Å². The molecule has 0 bridgehead atoms. The van der Waals surface area contributed by atoms with Crippen LogP contribution in [0.4, 0.5) is 11.8 Å². The molecule has 3 N–H and O–H groups in total. The lowest BCUT2D eigenvalue weighted by molar-refractivity contribution is 0.0785. The van der Waals surface area contributed by atoms with Gasteiger partial charge in [0.25, 0.3) is 0 Å². The number of hydrogen-bond acceptors (Lipinski definition) is 7. The Morgan fingerprint density at radius 1 is 1.23 bits per heavy atom. The summed E-state index contributed by atoms with van der Waals surface area (Å²) >= 11 is 0. The summed E-state index contributed by atoms with van der Waals surface area (Å²) in [5.74, 6) is 1.82. The Labute approximate surface area is 179 Å². The molecule has 160 valence electrons. The highest BCUT2D eigenvalue weighted by molar-refractivity contribution is 7.85. The fourth-order valence-electron chi connectivity index (χ4n) is 4.50. The van der Waals surface area contributed by atoms with E-state index in [2.05, 4.69) is 22.3 Å². The first-order chi connectivity index (χ1) is 14.3. The summed E-state index contributed by atoms with van der Waals surface area (Å²) < 4.78 is 12.6. The third-order valence-corrected chi connectivity index (χ3v) is 8.05. The number of aryl methyl sites for hydroxylation is 1. The Morgan fingerprint density at radius 3 is 2.67 bits per heavy atom. The van der Waals surface area contributed by atoms with Crippen LogP contribution in [0.3, 0.4) is 0 Å². The number of aliphatic hydroxyl groups is 2. The molecular formula is C22H28N4O3S. The van der Waals surface area contributed by atoms with Crippen LogP contribution in [0.2, 0.25) is 0 Å². The average Bonchev–Trinajstić information content (AvgIpc) is 3.27. The van der Waals surface area contributed by atoms with Crippen LogP contribution in [-0.4, -0.2) is 42.3 Å². The van der Waals surface area contributed by atoms with Gasteiger partial charge in [0.15, 0.2) is 0 Å². The molecule has 0 saturated heterocycles. The molecular weight excluding hydrogens is 400 g/mol. The van der Waals surface area contributed by atoms with Crippen molar-refractivity contribution in [2.24, 2.45) is 0 Å². The first kappa shape index (κ1) is 19.9. The Kier molecular flexibility index (Phi) is 4.65. The Bertz CT molecular complexity index is 1020. The molecule has 3 heterocycles. The first-order valence-electron chi connectivity index (χ1n) is 10.6. The molecule has 1 aromatic carbocycles. The molecule has 1 saturated carbocycles. The number of anilines is 2. The average molecular weight is 429 g/mol.